The molecule has 0 radical (unpaired) electrons. The number of halogens is 2. The van der Waals surface area contributed by atoms with Gasteiger partial charge in [0.2, 0.25) is 5.91 Å². The standard InChI is InChI=1S/C12H23N3O2.2ClH/c1-10(15-6-4-13-5-7-15)12(16)14-9-11-3-2-8-17-11;;/h10-11,13H,2-9H2,1H3,(H,14,16);2*1H. The van der Waals surface area contributed by atoms with E-state index in [4.69, 9.17) is 4.74 Å². The second-order valence-electron chi connectivity index (χ2n) is 4.84. The second-order valence-corrected chi connectivity index (χ2v) is 4.84. The fourth-order valence-electron chi connectivity index (χ4n) is 2.40. The van der Waals surface area contributed by atoms with E-state index < -0.39 is 0 Å². The number of amides is 1. The molecule has 2 N–H and O–H groups in total. The van der Waals surface area contributed by atoms with Crippen molar-refractivity contribution in [2.45, 2.75) is 31.9 Å². The van der Waals surface area contributed by atoms with Crippen LogP contribution in [-0.4, -0.2) is 62.3 Å². The van der Waals surface area contributed by atoms with E-state index in [1.54, 1.807) is 0 Å². The van der Waals surface area contributed by atoms with Crippen LogP contribution in [-0.2, 0) is 9.53 Å². The third kappa shape index (κ3) is 5.83. The summed E-state index contributed by atoms with van der Waals surface area (Å²) in [5, 5.41) is 6.29. The highest BCUT2D eigenvalue weighted by Crippen LogP contribution is 2.10. The van der Waals surface area contributed by atoms with Crippen LogP contribution in [0.5, 0.6) is 0 Å². The average Bonchev–Trinajstić information content (AvgIpc) is 2.89. The summed E-state index contributed by atoms with van der Waals surface area (Å²) in [6, 6.07) is -0.0292. The molecule has 0 aromatic carbocycles. The lowest BCUT2D eigenvalue weighted by molar-refractivity contribution is -0.126. The van der Waals surface area contributed by atoms with Crippen molar-refractivity contribution >= 4 is 30.7 Å². The summed E-state index contributed by atoms with van der Waals surface area (Å²) in [5.74, 6) is 0.127. The zero-order chi connectivity index (χ0) is 12.1. The highest BCUT2D eigenvalue weighted by Gasteiger charge is 2.23. The van der Waals surface area contributed by atoms with Gasteiger partial charge >= 0.3 is 0 Å². The van der Waals surface area contributed by atoms with Gasteiger partial charge in [0, 0.05) is 39.3 Å². The van der Waals surface area contributed by atoms with Crippen LogP contribution in [0.1, 0.15) is 19.8 Å². The number of carbonyl (C=O) groups excluding carboxylic acids is 1. The molecule has 0 aromatic heterocycles. The van der Waals surface area contributed by atoms with Gasteiger partial charge in [-0.25, -0.2) is 0 Å². The van der Waals surface area contributed by atoms with Gasteiger partial charge in [0.05, 0.1) is 12.1 Å². The third-order valence-corrected chi connectivity index (χ3v) is 3.61. The number of rotatable bonds is 4. The average molecular weight is 314 g/mol. The predicted octanol–water partition coefficient (Wildman–Crippen LogP) is 0.419. The molecular weight excluding hydrogens is 289 g/mol. The zero-order valence-electron chi connectivity index (χ0n) is 11.4. The fourth-order valence-corrected chi connectivity index (χ4v) is 2.40. The van der Waals surface area contributed by atoms with Crippen molar-refractivity contribution < 1.29 is 9.53 Å². The van der Waals surface area contributed by atoms with E-state index in [1.807, 2.05) is 6.92 Å². The van der Waals surface area contributed by atoms with Crippen LogP contribution in [0.3, 0.4) is 0 Å². The van der Waals surface area contributed by atoms with Crippen LogP contribution in [0.2, 0.25) is 0 Å². The molecule has 7 heteroatoms. The van der Waals surface area contributed by atoms with Crippen molar-refractivity contribution in [3.63, 3.8) is 0 Å². The highest BCUT2D eigenvalue weighted by atomic mass is 35.5. The lowest BCUT2D eigenvalue weighted by Gasteiger charge is -2.32. The van der Waals surface area contributed by atoms with Crippen LogP contribution in [0, 0.1) is 0 Å². The molecule has 0 aliphatic carbocycles. The van der Waals surface area contributed by atoms with Gasteiger partial charge in [-0.05, 0) is 19.8 Å². The normalized spacial score (nSPS) is 25.0. The number of carbonyl (C=O) groups is 1. The Bertz CT molecular complexity index is 257. The highest BCUT2D eigenvalue weighted by molar-refractivity contribution is 5.85. The molecule has 2 fully saturated rings. The van der Waals surface area contributed by atoms with Crippen LogP contribution < -0.4 is 10.6 Å². The molecule has 2 aliphatic rings. The first kappa shape index (κ1) is 18.9. The van der Waals surface area contributed by atoms with E-state index >= 15 is 0 Å². The first-order chi connectivity index (χ1) is 8.27. The maximum absolute atomic E-state index is 12.0. The molecule has 0 bridgehead atoms. The van der Waals surface area contributed by atoms with Crippen LogP contribution in [0.15, 0.2) is 0 Å². The molecular formula is C12H25Cl2N3O2. The Labute approximate surface area is 127 Å². The van der Waals surface area contributed by atoms with Gasteiger partial charge in [-0.1, -0.05) is 0 Å². The maximum atomic E-state index is 12.0. The minimum Gasteiger partial charge on any atom is -0.376 e. The first-order valence-electron chi connectivity index (χ1n) is 6.61. The summed E-state index contributed by atoms with van der Waals surface area (Å²) in [6.45, 7) is 7.34. The molecule has 5 nitrogen and oxygen atoms in total. The Kier molecular flexibility index (Phi) is 9.74. The largest absolute Gasteiger partial charge is 0.376 e. The Morgan fingerprint density at radius 3 is 2.68 bits per heavy atom. The van der Waals surface area contributed by atoms with Crippen molar-refractivity contribution in [1.29, 1.82) is 0 Å². The number of hydrogen-bond donors (Lipinski definition) is 2. The molecule has 2 rings (SSSR count). The number of ether oxygens (including phenoxy) is 1. The maximum Gasteiger partial charge on any atom is 0.237 e. The van der Waals surface area contributed by atoms with Gasteiger partial charge < -0.3 is 15.4 Å². The summed E-state index contributed by atoms with van der Waals surface area (Å²) in [4.78, 5) is 14.2. The molecule has 2 saturated heterocycles. The van der Waals surface area contributed by atoms with Crippen molar-refractivity contribution in [1.82, 2.24) is 15.5 Å². The number of nitrogens with zero attached hydrogens (tertiary/aromatic N) is 1. The second kappa shape index (κ2) is 9.77. The smallest absolute Gasteiger partial charge is 0.237 e. The number of hydrogen-bond acceptors (Lipinski definition) is 4. The lowest BCUT2D eigenvalue weighted by atomic mass is 10.2. The molecule has 2 atom stereocenters. The van der Waals surface area contributed by atoms with Gasteiger partial charge in [0.15, 0.2) is 0 Å². The molecule has 2 aliphatic heterocycles. The van der Waals surface area contributed by atoms with E-state index in [9.17, 15) is 4.79 Å². The number of nitrogens with one attached hydrogen (secondary N) is 2. The minimum absolute atomic E-state index is 0. The molecule has 2 unspecified atom stereocenters. The van der Waals surface area contributed by atoms with E-state index in [2.05, 4.69) is 15.5 Å². The summed E-state index contributed by atoms with van der Waals surface area (Å²) < 4.78 is 5.49. The number of piperazine rings is 1. The van der Waals surface area contributed by atoms with Crippen LogP contribution in [0.4, 0.5) is 0 Å². The van der Waals surface area contributed by atoms with Gasteiger partial charge in [-0.2, -0.15) is 0 Å². The van der Waals surface area contributed by atoms with Crippen LogP contribution in [0.25, 0.3) is 0 Å². The molecule has 0 aromatic rings. The molecule has 114 valence electrons. The minimum atomic E-state index is -0.0292. The molecule has 0 saturated carbocycles. The van der Waals surface area contributed by atoms with Crippen molar-refractivity contribution in [3.8, 4) is 0 Å². The third-order valence-electron chi connectivity index (χ3n) is 3.61. The van der Waals surface area contributed by atoms with E-state index in [-0.39, 0.29) is 42.9 Å². The Morgan fingerprint density at radius 1 is 1.42 bits per heavy atom. The van der Waals surface area contributed by atoms with Gasteiger partial charge in [0.1, 0.15) is 0 Å². The Morgan fingerprint density at radius 2 is 2.11 bits per heavy atom. The Balaban J connectivity index is 0.00000162. The summed E-state index contributed by atoms with van der Waals surface area (Å²) >= 11 is 0. The summed E-state index contributed by atoms with van der Waals surface area (Å²) in [7, 11) is 0. The lowest BCUT2D eigenvalue weighted by Crippen LogP contribution is -2.53. The van der Waals surface area contributed by atoms with Gasteiger partial charge in [-0.15, -0.1) is 24.8 Å². The molecule has 0 spiro atoms. The van der Waals surface area contributed by atoms with Gasteiger partial charge in [0.25, 0.3) is 0 Å². The Hall–Kier alpha value is -0.0700. The SMILES string of the molecule is CC(C(=O)NCC1CCCO1)N1CCNCC1.Cl.Cl. The quantitative estimate of drug-likeness (QED) is 0.790. The van der Waals surface area contributed by atoms with Crippen molar-refractivity contribution in [2.24, 2.45) is 0 Å². The fraction of sp³-hybridized carbons (Fsp3) is 0.917. The van der Waals surface area contributed by atoms with E-state index in [0.717, 1.165) is 45.6 Å². The van der Waals surface area contributed by atoms with E-state index in [0.29, 0.717) is 6.54 Å². The zero-order valence-corrected chi connectivity index (χ0v) is 13.0. The summed E-state index contributed by atoms with van der Waals surface area (Å²) in [6.07, 6.45) is 2.42. The first-order valence-corrected chi connectivity index (χ1v) is 6.61. The molecule has 1 amide bonds. The molecule has 2 heterocycles. The predicted molar refractivity (Wildman–Crippen MR) is 80.4 cm³/mol. The topological polar surface area (TPSA) is 53.6 Å². The van der Waals surface area contributed by atoms with Crippen molar-refractivity contribution in [3.05, 3.63) is 0 Å². The van der Waals surface area contributed by atoms with Crippen LogP contribution >= 0.6 is 24.8 Å². The molecule has 19 heavy (non-hydrogen) atoms. The summed E-state index contributed by atoms with van der Waals surface area (Å²) in [5.41, 5.74) is 0. The van der Waals surface area contributed by atoms with Gasteiger partial charge in [-0.3, -0.25) is 9.69 Å². The monoisotopic (exact) mass is 313 g/mol. The van der Waals surface area contributed by atoms with Crippen molar-refractivity contribution in [2.75, 3.05) is 39.3 Å². The van der Waals surface area contributed by atoms with E-state index in [1.165, 1.54) is 0 Å².